The van der Waals surface area contributed by atoms with Crippen LogP contribution in [0.3, 0.4) is 0 Å². The van der Waals surface area contributed by atoms with Gasteiger partial charge in [0.25, 0.3) is 0 Å². The van der Waals surface area contributed by atoms with Crippen molar-refractivity contribution in [1.82, 2.24) is 4.90 Å². The zero-order valence-electron chi connectivity index (χ0n) is 8.86. The third kappa shape index (κ3) is 1.59. The van der Waals surface area contributed by atoms with Crippen LogP contribution in [0.25, 0.3) is 0 Å². The molecule has 0 amide bonds. The molecule has 0 aromatic heterocycles. The van der Waals surface area contributed by atoms with E-state index in [4.69, 9.17) is 0 Å². The van der Waals surface area contributed by atoms with Crippen molar-refractivity contribution in [3.8, 4) is 0 Å². The first-order chi connectivity index (χ1) is 6.81. The molecule has 3 aliphatic rings. The second kappa shape index (κ2) is 3.49. The minimum absolute atomic E-state index is 0.0337. The molecule has 2 bridgehead atoms. The van der Waals surface area contributed by atoms with Gasteiger partial charge in [-0.25, -0.2) is 0 Å². The third-order valence-corrected chi connectivity index (χ3v) is 4.62. The van der Waals surface area contributed by atoms with Crippen LogP contribution in [0, 0.1) is 17.8 Å². The highest BCUT2D eigenvalue weighted by molar-refractivity contribution is 4.92. The van der Waals surface area contributed by atoms with Gasteiger partial charge in [0.1, 0.15) is 0 Å². The standard InChI is InChI=1S/C12H21NO/c14-12-3-4-13(8-12)7-11-6-9-1-2-10(11)5-9/h9-12,14H,1-8H2. The summed E-state index contributed by atoms with van der Waals surface area (Å²) in [7, 11) is 0. The van der Waals surface area contributed by atoms with Gasteiger partial charge < -0.3 is 10.0 Å². The summed E-state index contributed by atoms with van der Waals surface area (Å²) >= 11 is 0. The van der Waals surface area contributed by atoms with Crippen LogP contribution in [-0.2, 0) is 0 Å². The summed E-state index contributed by atoms with van der Waals surface area (Å²) in [5, 5.41) is 9.46. The Labute approximate surface area is 86.3 Å². The normalized spacial score (nSPS) is 47.8. The molecule has 1 aliphatic heterocycles. The van der Waals surface area contributed by atoms with Gasteiger partial charge in [0, 0.05) is 19.6 Å². The highest BCUT2D eigenvalue weighted by atomic mass is 16.3. The van der Waals surface area contributed by atoms with Crippen molar-refractivity contribution >= 4 is 0 Å². The van der Waals surface area contributed by atoms with Crippen molar-refractivity contribution in [2.75, 3.05) is 19.6 Å². The topological polar surface area (TPSA) is 23.5 Å². The molecule has 0 aromatic carbocycles. The van der Waals surface area contributed by atoms with Gasteiger partial charge in [0.2, 0.25) is 0 Å². The van der Waals surface area contributed by atoms with Crippen LogP contribution in [0.5, 0.6) is 0 Å². The molecule has 0 aromatic rings. The Balaban J connectivity index is 1.53. The molecule has 3 rings (SSSR count). The molecule has 2 heteroatoms. The molecule has 2 nitrogen and oxygen atoms in total. The lowest BCUT2D eigenvalue weighted by atomic mass is 9.88. The van der Waals surface area contributed by atoms with Gasteiger partial charge in [-0.1, -0.05) is 6.42 Å². The maximum absolute atomic E-state index is 9.46. The Bertz CT molecular complexity index is 218. The molecule has 2 aliphatic carbocycles. The fraction of sp³-hybridized carbons (Fsp3) is 1.00. The number of aliphatic hydroxyl groups excluding tert-OH is 1. The number of nitrogens with zero attached hydrogens (tertiary/aromatic N) is 1. The van der Waals surface area contributed by atoms with E-state index in [0.29, 0.717) is 0 Å². The number of hydrogen-bond acceptors (Lipinski definition) is 2. The van der Waals surface area contributed by atoms with Gasteiger partial charge in [-0.15, -0.1) is 0 Å². The number of fused-ring (bicyclic) bond motifs is 2. The Morgan fingerprint density at radius 2 is 2.07 bits per heavy atom. The lowest BCUT2D eigenvalue weighted by Gasteiger charge is -2.26. The maximum Gasteiger partial charge on any atom is 0.0679 e. The first-order valence-corrected chi connectivity index (χ1v) is 6.21. The lowest BCUT2D eigenvalue weighted by molar-refractivity contribution is 0.160. The number of likely N-dealkylation sites (tertiary alicyclic amines) is 1. The van der Waals surface area contributed by atoms with Crippen molar-refractivity contribution in [1.29, 1.82) is 0 Å². The van der Waals surface area contributed by atoms with E-state index in [1.54, 1.807) is 0 Å². The van der Waals surface area contributed by atoms with E-state index in [0.717, 1.165) is 37.3 Å². The predicted molar refractivity (Wildman–Crippen MR) is 56.0 cm³/mol. The highest BCUT2D eigenvalue weighted by Crippen LogP contribution is 2.48. The minimum Gasteiger partial charge on any atom is -0.392 e. The van der Waals surface area contributed by atoms with Crippen molar-refractivity contribution in [2.24, 2.45) is 17.8 Å². The maximum atomic E-state index is 9.46. The molecule has 2 saturated carbocycles. The molecule has 4 unspecified atom stereocenters. The Kier molecular flexibility index (Phi) is 2.29. The average Bonchev–Trinajstić information content (AvgIpc) is 2.82. The number of β-amino-alcohol motifs (C(OH)–C–C–N with tert-alkyl or cyclic N) is 1. The van der Waals surface area contributed by atoms with Crippen LogP contribution in [0.1, 0.15) is 32.1 Å². The summed E-state index contributed by atoms with van der Waals surface area (Å²) in [5.74, 6) is 3.08. The number of rotatable bonds is 2. The molecule has 1 saturated heterocycles. The van der Waals surface area contributed by atoms with Crippen molar-refractivity contribution in [3.05, 3.63) is 0 Å². The SMILES string of the molecule is OC1CCN(CC2CC3CCC2C3)C1. The van der Waals surface area contributed by atoms with E-state index in [-0.39, 0.29) is 6.10 Å². The minimum atomic E-state index is -0.0337. The molecule has 3 fully saturated rings. The van der Waals surface area contributed by atoms with Crippen LogP contribution >= 0.6 is 0 Å². The molecule has 1 heterocycles. The van der Waals surface area contributed by atoms with E-state index in [2.05, 4.69) is 4.90 Å². The second-order valence-corrected chi connectivity index (χ2v) is 5.64. The Hall–Kier alpha value is -0.0800. The quantitative estimate of drug-likeness (QED) is 0.721. The van der Waals surface area contributed by atoms with Gasteiger partial charge in [-0.2, -0.15) is 0 Å². The van der Waals surface area contributed by atoms with Crippen LogP contribution in [0.4, 0.5) is 0 Å². The summed E-state index contributed by atoms with van der Waals surface area (Å²) in [4.78, 5) is 2.48. The number of aliphatic hydroxyl groups is 1. The van der Waals surface area contributed by atoms with E-state index in [1.807, 2.05) is 0 Å². The van der Waals surface area contributed by atoms with Crippen LogP contribution in [0.15, 0.2) is 0 Å². The summed E-state index contributed by atoms with van der Waals surface area (Å²) in [6.07, 6.45) is 6.96. The summed E-state index contributed by atoms with van der Waals surface area (Å²) in [6, 6.07) is 0. The van der Waals surface area contributed by atoms with Gasteiger partial charge >= 0.3 is 0 Å². The summed E-state index contributed by atoms with van der Waals surface area (Å²) in [6.45, 7) is 3.35. The molecule has 80 valence electrons. The van der Waals surface area contributed by atoms with E-state index in [1.165, 1.54) is 32.2 Å². The summed E-state index contributed by atoms with van der Waals surface area (Å²) in [5.41, 5.74) is 0. The van der Waals surface area contributed by atoms with Gasteiger partial charge in [-0.05, 0) is 43.4 Å². The van der Waals surface area contributed by atoms with E-state index in [9.17, 15) is 5.11 Å². The lowest BCUT2D eigenvalue weighted by Crippen LogP contribution is -2.30. The van der Waals surface area contributed by atoms with Crippen molar-refractivity contribution in [3.63, 3.8) is 0 Å². The molecule has 0 spiro atoms. The molecule has 14 heavy (non-hydrogen) atoms. The monoisotopic (exact) mass is 195 g/mol. The third-order valence-electron chi connectivity index (χ3n) is 4.62. The number of hydrogen-bond donors (Lipinski definition) is 1. The Morgan fingerprint density at radius 1 is 1.14 bits per heavy atom. The van der Waals surface area contributed by atoms with Crippen LogP contribution in [0.2, 0.25) is 0 Å². The zero-order valence-corrected chi connectivity index (χ0v) is 8.86. The zero-order chi connectivity index (χ0) is 9.54. The Morgan fingerprint density at radius 3 is 2.64 bits per heavy atom. The molecule has 4 atom stereocenters. The van der Waals surface area contributed by atoms with Gasteiger partial charge in [-0.3, -0.25) is 0 Å². The summed E-state index contributed by atoms with van der Waals surface area (Å²) < 4.78 is 0. The molecule has 0 radical (unpaired) electrons. The van der Waals surface area contributed by atoms with Crippen LogP contribution in [-0.4, -0.2) is 35.7 Å². The second-order valence-electron chi connectivity index (χ2n) is 5.64. The van der Waals surface area contributed by atoms with E-state index >= 15 is 0 Å². The van der Waals surface area contributed by atoms with Gasteiger partial charge in [0.15, 0.2) is 0 Å². The average molecular weight is 195 g/mol. The first-order valence-electron chi connectivity index (χ1n) is 6.21. The predicted octanol–water partition coefficient (Wildman–Crippen LogP) is 1.49. The highest BCUT2D eigenvalue weighted by Gasteiger charge is 2.40. The molecular weight excluding hydrogens is 174 g/mol. The van der Waals surface area contributed by atoms with Crippen molar-refractivity contribution in [2.45, 2.75) is 38.2 Å². The van der Waals surface area contributed by atoms with Crippen LogP contribution < -0.4 is 0 Å². The molecular formula is C12H21NO. The molecule has 1 N–H and O–H groups in total. The van der Waals surface area contributed by atoms with Crippen molar-refractivity contribution < 1.29 is 5.11 Å². The van der Waals surface area contributed by atoms with Gasteiger partial charge in [0.05, 0.1) is 6.10 Å². The van der Waals surface area contributed by atoms with E-state index < -0.39 is 0 Å². The fourth-order valence-electron chi connectivity index (χ4n) is 3.91. The first kappa shape index (κ1) is 9.17. The largest absolute Gasteiger partial charge is 0.392 e. The fourth-order valence-corrected chi connectivity index (χ4v) is 3.91. The smallest absolute Gasteiger partial charge is 0.0679 e.